The van der Waals surface area contributed by atoms with E-state index in [1.54, 1.807) is 12.1 Å². The van der Waals surface area contributed by atoms with Crippen LogP contribution in [0.25, 0.3) is 0 Å². The summed E-state index contributed by atoms with van der Waals surface area (Å²) in [5.74, 6) is 2.28. The van der Waals surface area contributed by atoms with E-state index in [9.17, 15) is 8.42 Å². The van der Waals surface area contributed by atoms with Crippen LogP contribution in [0, 0.1) is 24.7 Å². The Morgan fingerprint density at radius 3 is 2.07 bits per heavy atom. The second-order valence-electron chi connectivity index (χ2n) is 7.01. The van der Waals surface area contributed by atoms with Gasteiger partial charge in [0.2, 0.25) is 0 Å². The topological polar surface area (TPSA) is 71.1 Å². The lowest BCUT2D eigenvalue weighted by Crippen LogP contribution is -2.42. The van der Waals surface area contributed by atoms with Gasteiger partial charge in [0.05, 0.1) is 51.1 Å². The summed E-state index contributed by atoms with van der Waals surface area (Å²) in [6.07, 6.45) is 5.83. The van der Waals surface area contributed by atoms with Crippen LogP contribution in [-0.4, -0.2) is 54.7 Å². The van der Waals surface area contributed by atoms with Crippen LogP contribution in [0.15, 0.2) is 41.3 Å². The minimum Gasteiger partial charge on any atom is -0.379 e. The molecule has 0 spiro atoms. The minimum absolute atomic E-state index is 0.0166. The molecule has 150 valence electrons. The molecule has 1 aromatic carbocycles. The molecule has 0 aliphatic heterocycles. The zero-order valence-electron chi connectivity index (χ0n) is 15.7. The summed E-state index contributed by atoms with van der Waals surface area (Å²) in [7, 11) is -3.72. The molecule has 0 radical (unpaired) electrons. The molecule has 1 fully saturated rings. The van der Waals surface area contributed by atoms with Crippen molar-refractivity contribution in [1.29, 1.82) is 0 Å². The normalized spacial score (nSPS) is 23.5. The highest BCUT2D eigenvalue weighted by molar-refractivity contribution is 7.86. The SMILES string of the molecule is Cc1ccc(S(=O)(=O)OCCOCCOCCOCC2CC3C=C[C@H]32)cc1. The molecule has 0 N–H and O–H groups in total. The molecule has 1 aromatic rings. The van der Waals surface area contributed by atoms with Crippen molar-refractivity contribution in [3.8, 4) is 0 Å². The van der Waals surface area contributed by atoms with Gasteiger partial charge in [0.25, 0.3) is 10.1 Å². The number of rotatable bonds is 13. The summed E-state index contributed by atoms with van der Waals surface area (Å²) in [4.78, 5) is 0.155. The second kappa shape index (κ2) is 9.80. The zero-order valence-corrected chi connectivity index (χ0v) is 16.5. The highest BCUT2D eigenvalue weighted by Crippen LogP contribution is 2.48. The summed E-state index contributed by atoms with van der Waals surface area (Å²) in [5.41, 5.74) is 0.995. The summed E-state index contributed by atoms with van der Waals surface area (Å²) in [5, 5.41) is 0. The van der Waals surface area contributed by atoms with E-state index in [2.05, 4.69) is 12.2 Å². The van der Waals surface area contributed by atoms with Crippen molar-refractivity contribution < 1.29 is 26.8 Å². The number of hydrogen-bond acceptors (Lipinski definition) is 6. The van der Waals surface area contributed by atoms with Gasteiger partial charge in [-0.05, 0) is 43.2 Å². The van der Waals surface area contributed by atoms with Gasteiger partial charge in [-0.2, -0.15) is 8.42 Å². The van der Waals surface area contributed by atoms with Crippen LogP contribution < -0.4 is 0 Å². The van der Waals surface area contributed by atoms with Crippen molar-refractivity contribution in [3.05, 3.63) is 42.0 Å². The monoisotopic (exact) mass is 396 g/mol. The van der Waals surface area contributed by atoms with Crippen molar-refractivity contribution in [2.45, 2.75) is 18.2 Å². The van der Waals surface area contributed by atoms with Crippen molar-refractivity contribution >= 4 is 10.1 Å². The first kappa shape index (κ1) is 20.5. The first-order valence-corrected chi connectivity index (χ1v) is 10.8. The van der Waals surface area contributed by atoms with Crippen molar-refractivity contribution in [2.75, 3.05) is 46.2 Å². The molecule has 3 rings (SSSR count). The maximum absolute atomic E-state index is 12.0. The van der Waals surface area contributed by atoms with Gasteiger partial charge in [-0.25, -0.2) is 0 Å². The molecule has 27 heavy (non-hydrogen) atoms. The van der Waals surface area contributed by atoms with Crippen LogP contribution in [-0.2, 0) is 28.5 Å². The molecular weight excluding hydrogens is 368 g/mol. The van der Waals surface area contributed by atoms with Gasteiger partial charge < -0.3 is 14.2 Å². The van der Waals surface area contributed by atoms with Gasteiger partial charge in [-0.3, -0.25) is 4.18 Å². The third kappa shape index (κ3) is 5.86. The predicted octanol–water partition coefficient (Wildman–Crippen LogP) is 2.57. The Labute approximate surface area is 161 Å². The molecule has 0 amide bonds. The Kier molecular flexibility index (Phi) is 7.43. The number of benzene rings is 1. The van der Waals surface area contributed by atoms with E-state index >= 15 is 0 Å². The molecular formula is C20H28O6S. The van der Waals surface area contributed by atoms with Crippen LogP contribution in [0.3, 0.4) is 0 Å². The lowest BCUT2D eigenvalue weighted by Gasteiger charge is -2.47. The van der Waals surface area contributed by atoms with E-state index in [-0.39, 0.29) is 18.1 Å². The summed E-state index contributed by atoms with van der Waals surface area (Å²) in [6, 6.07) is 6.55. The smallest absolute Gasteiger partial charge is 0.297 e. The Morgan fingerprint density at radius 1 is 0.889 bits per heavy atom. The van der Waals surface area contributed by atoms with Gasteiger partial charge >= 0.3 is 0 Å². The minimum atomic E-state index is -3.72. The van der Waals surface area contributed by atoms with Gasteiger partial charge in [0.1, 0.15) is 0 Å². The van der Waals surface area contributed by atoms with Crippen LogP contribution in [0.2, 0.25) is 0 Å². The lowest BCUT2D eigenvalue weighted by molar-refractivity contribution is -0.0218. The molecule has 0 heterocycles. The Bertz CT molecular complexity index is 712. The number of aryl methyl sites for hydroxylation is 1. The number of fused-ring (bicyclic) bond motifs is 1. The molecule has 2 aliphatic rings. The lowest BCUT2D eigenvalue weighted by atomic mass is 9.59. The molecule has 0 aromatic heterocycles. The molecule has 2 unspecified atom stereocenters. The largest absolute Gasteiger partial charge is 0.379 e. The molecule has 7 heteroatoms. The summed E-state index contributed by atoms with van der Waals surface area (Å²) >= 11 is 0. The van der Waals surface area contributed by atoms with Crippen LogP contribution in [0.5, 0.6) is 0 Å². The van der Waals surface area contributed by atoms with Crippen LogP contribution >= 0.6 is 0 Å². The first-order valence-electron chi connectivity index (χ1n) is 9.44. The zero-order chi connectivity index (χ0) is 19.1. The molecule has 6 nitrogen and oxygen atoms in total. The van der Waals surface area contributed by atoms with E-state index in [4.69, 9.17) is 18.4 Å². The van der Waals surface area contributed by atoms with E-state index in [0.717, 1.165) is 24.0 Å². The Morgan fingerprint density at radius 2 is 1.52 bits per heavy atom. The molecule has 1 saturated carbocycles. The molecule has 0 saturated heterocycles. The average molecular weight is 397 g/mol. The highest BCUT2D eigenvalue weighted by Gasteiger charge is 2.42. The fourth-order valence-electron chi connectivity index (χ4n) is 3.28. The van der Waals surface area contributed by atoms with Gasteiger partial charge in [0.15, 0.2) is 0 Å². The second-order valence-corrected chi connectivity index (χ2v) is 8.63. The third-order valence-electron chi connectivity index (χ3n) is 5.05. The molecule has 2 aliphatic carbocycles. The van der Waals surface area contributed by atoms with Crippen molar-refractivity contribution in [2.24, 2.45) is 17.8 Å². The summed E-state index contributed by atoms with van der Waals surface area (Å²) < 4.78 is 45.3. The van der Waals surface area contributed by atoms with Gasteiger partial charge in [-0.15, -0.1) is 0 Å². The van der Waals surface area contributed by atoms with E-state index < -0.39 is 10.1 Å². The van der Waals surface area contributed by atoms with Crippen LogP contribution in [0.4, 0.5) is 0 Å². The number of ether oxygens (including phenoxy) is 3. The fraction of sp³-hybridized carbons (Fsp3) is 0.600. The summed E-state index contributed by atoms with van der Waals surface area (Å²) in [6.45, 7) is 4.87. The van der Waals surface area contributed by atoms with Gasteiger partial charge in [0, 0.05) is 0 Å². The predicted molar refractivity (Wildman–Crippen MR) is 101 cm³/mol. The standard InChI is InChI=1S/C20H28O6S/c1-16-2-5-19(6-3-16)27(21,22)26-13-12-24-9-8-23-10-11-25-15-18-14-17-4-7-20(17)18/h2-7,17-18,20H,8-15H2,1H3/t17?,18?,20-/m1/s1. The van der Waals surface area contributed by atoms with Crippen molar-refractivity contribution in [1.82, 2.24) is 0 Å². The van der Waals surface area contributed by atoms with E-state index in [0.29, 0.717) is 32.3 Å². The fourth-order valence-corrected chi connectivity index (χ4v) is 4.17. The van der Waals surface area contributed by atoms with E-state index in [1.807, 2.05) is 6.92 Å². The molecule has 3 atom stereocenters. The van der Waals surface area contributed by atoms with Crippen LogP contribution in [0.1, 0.15) is 12.0 Å². The van der Waals surface area contributed by atoms with Gasteiger partial charge in [-0.1, -0.05) is 29.8 Å². The quantitative estimate of drug-likeness (QED) is 0.290. The Hall–Kier alpha value is -1.25. The third-order valence-corrected chi connectivity index (χ3v) is 6.37. The highest BCUT2D eigenvalue weighted by atomic mass is 32.2. The Balaban J connectivity index is 1.13. The number of hydrogen-bond donors (Lipinski definition) is 0. The maximum atomic E-state index is 12.0. The van der Waals surface area contributed by atoms with E-state index in [1.165, 1.54) is 18.6 Å². The first-order chi connectivity index (χ1) is 13.1. The van der Waals surface area contributed by atoms with Crippen molar-refractivity contribution in [3.63, 3.8) is 0 Å². The number of allylic oxidation sites excluding steroid dienone is 2. The molecule has 0 bridgehead atoms. The maximum Gasteiger partial charge on any atom is 0.297 e. The average Bonchev–Trinajstić information content (AvgIpc) is 2.63.